The van der Waals surface area contributed by atoms with E-state index in [0.29, 0.717) is 26.0 Å². The molecule has 1 heterocycles. The molecule has 0 saturated carbocycles. The van der Waals surface area contributed by atoms with Crippen LogP contribution in [0.4, 0.5) is 0 Å². The van der Waals surface area contributed by atoms with E-state index in [-0.39, 0.29) is 11.9 Å². The van der Waals surface area contributed by atoms with Gasteiger partial charge in [0.15, 0.2) is 0 Å². The van der Waals surface area contributed by atoms with Crippen molar-refractivity contribution in [3.8, 4) is 0 Å². The molecule has 1 aliphatic heterocycles. The van der Waals surface area contributed by atoms with Crippen molar-refractivity contribution < 1.29 is 14.3 Å². The fraction of sp³-hybridized carbons (Fsp3) is 0.500. The van der Waals surface area contributed by atoms with Crippen LogP contribution < -0.4 is 0 Å². The van der Waals surface area contributed by atoms with Gasteiger partial charge in [-0.25, -0.2) is 4.79 Å². The number of amides is 1. The van der Waals surface area contributed by atoms with Crippen LogP contribution >= 0.6 is 0 Å². The van der Waals surface area contributed by atoms with Crippen molar-refractivity contribution in [1.29, 1.82) is 0 Å². The molecule has 1 aliphatic rings. The van der Waals surface area contributed by atoms with Crippen LogP contribution in [0.3, 0.4) is 0 Å². The van der Waals surface area contributed by atoms with Gasteiger partial charge in [0.25, 0.3) is 0 Å². The van der Waals surface area contributed by atoms with Gasteiger partial charge in [-0.3, -0.25) is 4.79 Å². The standard InChI is InChI=1S/C16H21NO3/c1-2-20-16(19)14-9-6-10-15(18)17(14)12-11-13-7-4-3-5-8-13/h3-5,7-8,14H,2,6,9-12H2,1H3. The molecule has 4 nitrogen and oxygen atoms in total. The summed E-state index contributed by atoms with van der Waals surface area (Å²) in [5, 5.41) is 0. The predicted molar refractivity (Wildman–Crippen MR) is 76.1 cm³/mol. The lowest BCUT2D eigenvalue weighted by atomic mass is 10.0. The Kier molecular flexibility index (Phi) is 5.16. The first-order chi connectivity index (χ1) is 9.72. The summed E-state index contributed by atoms with van der Waals surface area (Å²) in [4.78, 5) is 25.7. The van der Waals surface area contributed by atoms with Crippen LogP contribution in [-0.4, -0.2) is 36.0 Å². The lowest BCUT2D eigenvalue weighted by Gasteiger charge is -2.34. The molecule has 1 aromatic carbocycles. The molecule has 1 saturated heterocycles. The fourth-order valence-electron chi connectivity index (χ4n) is 2.58. The average molecular weight is 275 g/mol. The van der Waals surface area contributed by atoms with Crippen molar-refractivity contribution in [3.63, 3.8) is 0 Å². The minimum absolute atomic E-state index is 0.0604. The summed E-state index contributed by atoms with van der Waals surface area (Å²) >= 11 is 0. The number of piperidine rings is 1. The minimum Gasteiger partial charge on any atom is -0.464 e. The largest absolute Gasteiger partial charge is 0.464 e. The second kappa shape index (κ2) is 7.08. The number of benzene rings is 1. The van der Waals surface area contributed by atoms with Crippen LogP contribution in [0, 0.1) is 0 Å². The van der Waals surface area contributed by atoms with E-state index in [0.717, 1.165) is 12.8 Å². The highest BCUT2D eigenvalue weighted by Crippen LogP contribution is 2.20. The molecule has 1 aromatic rings. The Bertz CT molecular complexity index is 458. The Balaban J connectivity index is 2.00. The molecular weight excluding hydrogens is 254 g/mol. The summed E-state index contributed by atoms with van der Waals surface area (Å²) in [6, 6.07) is 9.60. The van der Waals surface area contributed by atoms with Gasteiger partial charge in [0.05, 0.1) is 6.61 Å². The summed E-state index contributed by atoms with van der Waals surface area (Å²) in [5.74, 6) is -0.209. The molecule has 1 atom stereocenters. The summed E-state index contributed by atoms with van der Waals surface area (Å²) in [7, 11) is 0. The molecule has 20 heavy (non-hydrogen) atoms. The van der Waals surface area contributed by atoms with Crippen LogP contribution in [0.2, 0.25) is 0 Å². The summed E-state index contributed by atoms with van der Waals surface area (Å²) in [5.41, 5.74) is 1.17. The van der Waals surface area contributed by atoms with Gasteiger partial charge in [0.1, 0.15) is 6.04 Å². The zero-order chi connectivity index (χ0) is 14.4. The number of likely N-dealkylation sites (tertiary alicyclic amines) is 1. The number of hydrogen-bond acceptors (Lipinski definition) is 3. The van der Waals surface area contributed by atoms with Crippen molar-refractivity contribution in [1.82, 2.24) is 4.90 Å². The second-order valence-corrected chi connectivity index (χ2v) is 4.98. The second-order valence-electron chi connectivity index (χ2n) is 4.98. The fourth-order valence-corrected chi connectivity index (χ4v) is 2.58. The molecule has 0 aliphatic carbocycles. The van der Waals surface area contributed by atoms with E-state index in [2.05, 4.69) is 0 Å². The van der Waals surface area contributed by atoms with E-state index in [4.69, 9.17) is 4.74 Å². The first kappa shape index (κ1) is 14.6. The van der Waals surface area contributed by atoms with Gasteiger partial charge in [0.2, 0.25) is 5.91 Å². The van der Waals surface area contributed by atoms with E-state index in [1.807, 2.05) is 30.3 Å². The highest BCUT2D eigenvalue weighted by atomic mass is 16.5. The molecule has 0 aromatic heterocycles. The summed E-state index contributed by atoms with van der Waals surface area (Å²) in [6.07, 6.45) is 2.77. The molecule has 1 fully saturated rings. The van der Waals surface area contributed by atoms with Crippen molar-refractivity contribution >= 4 is 11.9 Å². The first-order valence-electron chi connectivity index (χ1n) is 7.22. The maximum Gasteiger partial charge on any atom is 0.328 e. The first-order valence-corrected chi connectivity index (χ1v) is 7.22. The van der Waals surface area contributed by atoms with Crippen molar-refractivity contribution in [3.05, 3.63) is 35.9 Å². The number of rotatable bonds is 5. The van der Waals surface area contributed by atoms with Gasteiger partial charge in [-0.2, -0.15) is 0 Å². The predicted octanol–water partition coefficient (Wildman–Crippen LogP) is 2.17. The Morgan fingerprint density at radius 1 is 1.35 bits per heavy atom. The molecule has 4 heteroatoms. The van der Waals surface area contributed by atoms with Crippen LogP contribution in [0.5, 0.6) is 0 Å². The summed E-state index contributed by atoms with van der Waals surface area (Å²) < 4.78 is 5.08. The summed E-state index contributed by atoms with van der Waals surface area (Å²) in [6.45, 7) is 2.72. The lowest BCUT2D eigenvalue weighted by molar-refractivity contribution is -0.157. The molecule has 1 unspecified atom stereocenters. The van der Waals surface area contributed by atoms with E-state index < -0.39 is 6.04 Å². The van der Waals surface area contributed by atoms with Gasteiger partial charge in [-0.05, 0) is 31.7 Å². The van der Waals surface area contributed by atoms with E-state index in [1.54, 1.807) is 11.8 Å². The van der Waals surface area contributed by atoms with E-state index in [9.17, 15) is 9.59 Å². The molecule has 108 valence electrons. The highest BCUT2D eigenvalue weighted by molar-refractivity contribution is 5.85. The van der Waals surface area contributed by atoms with Crippen molar-refractivity contribution in [2.75, 3.05) is 13.2 Å². The van der Waals surface area contributed by atoms with Crippen molar-refractivity contribution in [2.24, 2.45) is 0 Å². The third-order valence-electron chi connectivity index (χ3n) is 3.61. The van der Waals surface area contributed by atoms with Crippen LogP contribution in [0.1, 0.15) is 31.7 Å². The Morgan fingerprint density at radius 3 is 2.80 bits per heavy atom. The van der Waals surface area contributed by atoms with Gasteiger partial charge in [-0.1, -0.05) is 30.3 Å². The average Bonchev–Trinajstić information content (AvgIpc) is 2.47. The molecule has 0 N–H and O–H groups in total. The number of carbonyl (C=O) groups is 2. The Labute approximate surface area is 119 Å². The maximum atomic E-state index is 12.1. The minimum atomic E-state index is -0.403. The van der Waals surface area contributed by atoms with Gasteiger partial charge in [0, 0.05) is 13.0 Å². The van der Waals surface area contributed by atoms with E-state index >= 15 is 0 Å². The lowest BCUT2D eigenvalue weighted by Crippen LogP contribution is -2.49. The smallest absolute Gasteiger partial charge is 0.328 e. The molecule has 0 bridgehead atoms. The number of nitrogens with zero attached hydrogens (tertiary/aromatic N) is 1. The van der Waals surface area contributed by atoms with Crippen LogP contribution in [0.15, 0.2) is 30.3 Å². The van der Waals surface area contributed by atoms with E-state index in [1.165, 1.54) is 5.56 Å². The quantitative estimate of drug-likeness (QED) is 0.774. The third-order valence-corrected chi connectivity index (χ3v) is 3.61. The van der Waals surface area contributed by atoms with Crippen LogP contribution in [0.25, 0.3) is 0 Å². The normalized spacial score (nSPS) is 18.9. The third kappa shape index (κ3) is 3.59. The topological polar surface area (TPSA) is 46.6 Å². The van der Waals surface area contributed by atoms with Crippen LogP contribution in [-0.2, 0) is 20.7 Å². The molecule has 0 radical (unpaired) electrons. The molecule has 1 amide bonds. The molecule has 0 spiro atoms. The molecular formula is C16H21NO3. The van der Waals surface area contributed by atoms with Gasteiger partial charge in [-0.15, -0.1) is 0 Å². The van der Waals surface area contributed by atoms with Crippen molar-refractivity contribution in [2.45, 2.75) is 38.6 Å². The maximum absolute atomic E-state index is 12.1. The number of esters is 1. The SMILES string of the molecule is CCOC(=O)C1CCCC(=O)N1CCc1ccccc1. The number of ether oxygens (including phenoxy) is 1. The Hall–Kier alpha value is -1.84. The highest BCUT2D eigenvalue weighted by Gasteiger charge is 2.33. The number of carbonyl (C=O) groups excluding carboxylic acids is 2. The number of hydrogen-bond donors (Lipinski definition) is 0. The van der Waals surface area contributed by atoms with Gasteiger partial charge < -0.3 is 9.64 Å². The van der Waals surface area contributed by atoms with Gasteiger partial charge >= 0.3 is 5.97 Å². The zero-order valence-electron chi connectivity index (χ0n) is 11.9. The zero-order valence-corrected chi connectivity index (χ0v) is 11.9. The molecule has 2 rings (SSSR count). The Morgan fingerprint density at radius 2 is 2.10 bits per heavy atom. The monoisotopic (exact) mass is 275 g/mol.